The normalized spacial score (nSPS) is 16.3. The number of rotatable bonds is 4. The highest BCUT2D eigenvalue weighted by molar-refractivity contribution is 7.17. The van der Waals surface area contributed by atoms with Gasteiger partial charge in [-0.2, -0.15) is 0 Å². The van der Waals surface area contributed by atoms with Gasteiger partial charge in [-0.1, -0.05) is 6.92 Å². The van der Waals surface area contributed by atoms with Crippen molar-refractivity contribution in [3.8, 4) is 0 Å². The minimum atomic E-state index is -0.352. The molecule has 126 valence electrons. The number of hydrogen-bond acceptors (Lipinski definition) is 5. The molecular weight excluding hydrogens is 324 g/mol. The lowest BCUT2D eigenvalue weighted by Crippen LogP contribution is -2.16. The van der Waals surface area contributed by atoms with Crippen molar-refractivity contribution in [3.63, 3.8) is 0 Å². The van der Waals surface area contributed by atoms with Crippen molar-refractivity contribution in [2.75, 3.05) is 11.9 Å². The third-order valence-corrected chi connectivity index (χ3v) is 5.33. The summed E-state index contributed by atoms with van der Waals surface area (Å²) >= 11 is 1.49. The molecule has 1 aliphatic carbocycles. The number of hydrogen-bond donors (Lipinski definition) is 1. The lowest BCUT2D eigenvalue weighted by Gasteiger charge is -2.18. The molecule has 2 heterocycles. The quantitative estimate of drug-likeness (QED) is 0.859. The molecule has 0 radical (unpaired) electrons. The van der Waals surface area contributed by atoms with Gasteiger partial charge in [0.2, 0.25) is 0 Å². The minimum absolute atomic E-state index is 0.241. The molecule has 2 aromatic rings. The lowest BCUT2D eigenvalue weighted by molar-refractivity contribution is 0.0526. The van der Waals surface area contributed by atoms with Crippen LogP contribution in [0.25, 0.3) is 0 Å². The van der Waals surface area contributed by atoms with Gasteiger partial charge in [0, 0.05) is 22.8 Å². The number of nitrogens with one attached hydrogen (secondary N) is 1. The van der Waals surface area contributed by atoms with Gasteiger partial charge in [-0.05, 0) is 49.8 Å². The summed E-state index contributed by atoms with van der Waals surface area (Å²) in [6.45, 7) is 4.31. The second kappa shape index (κ2) is 7.13. The van der Waals surface area contributed by atoms with Gasteiger partial charge in [-0.3, -0.25) is 9.78 Å². The first-order valence-electron chi connectivity index (χ1n) is 8.13. The Morgan fingerprint density at radius 2 is 2.12 bits per heavy atom. The molecule has 0 bridgehead atoms. The Bertz CT molecular complexity index is 755. The molecule has 0 saturated carbocycles. The highest BCUT2D eigenvalue weighted by Crippen LogP contribution is 2.40. The number of anilines is 1. The molecule has 6 heteroatoms. The second-order valence-corrected chi connectivity index (χ2v) is 7.07. The maximum absolute atomic E-state index is 12.4. The van der Waals surface area contributed by atoms with Crippen molar-refractivity contribution < 1.29 is 14.3 Å². The molecule has 1 atom stereocenters. The van der Waals surface area contributed by atoms with E-state index in [1.165, 1.54) is 16.2 Å². The molecule has 24 heavy (non-hydrogen) atoms. The maximum atomic E-state index is 12.4. The van der Waals surface area contributed by atoms with E-state index in [9.17, 15) is 9.59 Å². The Morgan fingerprint density at radius 1 is 1.38 bits per heavy atom. The van der Waals surface area contributed by atoms with E-state index in [-0.39, 0.29) is 11.9 Å². The Morgan fingerprint density at radius 3 is 2.83 bits per heavy atom. The number of thiophene rings is 1. The first-order valence-corrected chi connectivity index (χ1v) is 8.94. The summed E-state index contributed by atoms with van der Waals surface area (Å²) in [5, 5.41) is 3.48. The number of carbonyl (C=O) groups is 2. The van der Waals surface area contributed by atoms with Crippen molar-refractivity contribution in [1.29, 1.82) is 0 Å². The van der Waals surface area contributed by atoms with Crippen LogP contribution in [-0.2, 0) is 17.6 Å². The molecule has 1 N–H and O–H groups in total. The van der Waals surface area contributed by atoms with E-state index in [0.29, 0.717) is 28.7 Å². The van der Waals surface area contributed by atoms with Crippen LogP contribution in [0.3, 0.4) is 0 Å². The van der Waals surface area contributed by atoms with Crippen LogP contribution in [-0.4, -0.2) is 23.5 Å². The van der Waals surface area contributed by atoms with Crippen LogP contribution < -0.4 is 5.32 Å². The predicted octanol–water partition coefficient (Wildman–Crippen LogP) is 3.70. The van der Waals surface area contributed by atoms with E-state index in [1.54, 1.807) is 31.5 Å². The summed E-state index contributed by atoms with van der Waals surface area (Å²) in [7, 11) is 0. The van der Waals surface area contributed by atoms with Crippen LogP contribution >= 0.6 is 11.3 Å². The van der Waals surface area contributed by atoms with E-state index in [0.717, 1.165) is 24.8 Å². The van der Waals surface area contributed by atoms with Gasteiger partial charge in [-0.25, -0.2) is 4.79 Å². The molecule has 5 nitrogen and oxygen atoms in total. The van der Waals surface area contributed by atoms with Gasteiger partial charge in [0.1, 0.15) is 5.00 Å². The molecule has 0 saturated heterocycles. The molecule has 0 spiro atoms. The largest absolute Gasteiger partial charge is 0.462 e. The van der Waals surface area contributed by atoms with Crippen molar-refractivity contribution in [1.82, 2.24) is 4.98 Å². The zero-order chi connectivity index (χ0) is 17.1. The van der Waals surface area contributed by atoms with Gasteiger partial charge in [0.25, 0.3) is 5.91 Å². The number of carbonyl (C=O) groups excluding carboxylic acids is 2. The minimum Gasteiger partial charge on any atom is -0.462 e. The molecule has 3 rings (SSSR count). The molecule has 0 fully saturated rings. The van der Waals surface area contributed by atoms with Crippen molar-refractivity contribution in [2.24, 2.45) is 5.92 Å². The van der Waals surface area contributed by atoms with Gasteiger partial charge in [0.15, 0.2) is 0 Å². The van der Waals surface area contributed by atoms with E-state index in [2.05, 4.69) is 17.2 Å². The SMILES string of the molecule is CCOC(=O)c1c(NC(=O)c2ccncc2)sc2c1CC[C@@H](C)C2. The highest BCUT2D eigenvalue weighted by Gasteiger charge is 2.29. The molecule has 0 aromatic carbocycles. The van der Waals surface area contributed by atoms with Crippen molar-refractivity contribution >= 4 is 28.2 Å². The fraction of sp³-hybridized carbons (Fsp3) is 0.389. The third-order valence-electron chi connectivity index (χ3n) is 4.16. The summed E-state index contributed by atoms with van der Waals surface area (Å²) in [5.41, 5.74) is 2.09. The van der Waals surface area contributed by atoms with Crippen LogP contribution in [0.5, 0.6) is 0 Å². The number of pyridine rings is 1. The number of aromatic nitrogens is 1. The summed E-state index contributed by atoms with van der Waals surface area (Å²) in [4.78, 5) is 30.0. The van der Waals surface area contributed by atoms with Gasteiger partial charge >= 0.3 is 5.97 Å². The fourth-order valence-corrected chi connectivity index (χ4v) is 4.33. The van der Waals surface area contributed by atoms with Crippen LogP contribution in [0.1, 0.15) is 51.4 Å². The number of amides is 1. The fourth-order valence-electron chi connectivity index (χ4n) is 2.94. The number of fused-ring (bicyclic) bond motifs is 1. The molecule has 1 amide bonds. The zero-order valence-electron chi connectivity index (χ0n) is 13.8. The van der Waals surface area contributed by atoms with Gasteiger partial charge in [-0.15, -0.1) is 11.3 Å². The maximum Gasteiger partial charge on any atom is 0.341 e. The molecular formula is C18H20N2O3S. The standard InChI is InChI=1S/C18H20N2O3S/c1-3-23-18(22)15-13-5-4-11(2)10-14(13)24-17(15)20-16(21)12-6-8-19-9-7-12/h6-9,11H,3-5,10H2,1-2H3,(H,20,21)/t11-/m1/s1. The van der Waals surface area contributed by atoms with E-state index in [4.69, 9.17) is 4.74 Å². The Labute approximate surface area is 145 Å². The van der Waals surface area contributed by atoms with Crippen LogP contribution in [0.15, 0.2) is 24.5 Å². The predicted molar refractivity (Wildman–Crippen MR) is 93.7 cm³/mol. The highest BCUT2D eigenvalue weighted by atomic mass is 32.1. The smallest absolute Gasteiger partial charge is 0.341 e. The topological polar surface area (TPSA) is 68.3 Å². The number of ether oxygens (including phenoxy) is 1. The van der Waals surface area contributed by atoms with Crippen LogP contribution in [0, 0.1) is 5.92 Å². The van der Waals surface area contributed by atoms with E-state index >= 15 is 0 Å². The Hall–Kier alpha value is -2.21. The average molecular weight is 344 g/mol. The van der Waals surface area contributed by atoms with Crippen LogP contribution in [0.4, 0.5) is 5.00 Å². The van der Waals surface area contributed by atoms with Gasteiger partial charge in [0.05, 0.1) is 12.2 Å². The Balaban J connectivity index is 1.94. The number of nitrogens with zero attached hydrogens (tertiary/aromatic N) is 1. The van der Waals surface area contributed by atoms with Crippen LogP contribution in [0.2, 0.25) is 0 Å². The zero-order valence-corrected chi connectivity index (χ0v) is 14.6. The summed E-state index contributed by atoms with van der Waals surface area (Å²) < 4.78 is 5.21. The van der Waals surface area contributed by atoms with E-state index in [1.807, 2.05) is 0 Å². The molecule has 1 aliphatic rings. The van der Waals surface area contributed by atoms with Crippen molar-refractivity contribution in [3.05, 3.63) is 46.1 Å². The van der Waals surface area contributed by atoms with E-state index < -0.39 is 0 Å². The third kappa shape index (κ3) is 3.33. The summed E-state index contributed by atoms with van der Waals surface area (Å²) in [6, 6.07) is 3.30. The molecule has 0 unspecified atom stereocenters. The average Bonchev–Trinajstić information content (AvgIpc) is 2.92. The second-order valence-electron chi connectivity index (χ2n) is 5.97. The lowest BCUT2D eigenvalue weighted by atomic mass is 9.88. The molecule has 2 aromatic heterocycles. The first kappa shape index (κ1) is 16.6. The monoisotopic (exact) mass is 344 g/mol. The van der Waals surface area contributed by atoms with Crippen molar-refractivity contribution in [2.45, 2.75) is 33.1 Å². The molecule has 0 aliphatic heterocycles. The van der Waals surface area contributed by atoms with Gasteiger partial charge < -0.3 is 10.1 Å². The number of esters is 1. The first-order chi connectivity index (χ1) is 11.6. The summed E-state index contributed by atoms with van der Waals surface area (Å²) in [5.74, 6) is -0.000815. The summed E-state index contributed by atoms with van der Waals surface area (Å²) in [6.07, 6.45) is 5.99. The Kier molecular flexibility index (Phi) is 4.94.